The van der Waals surface area contributed by atoms with Crippen molar-refractivity contribution in [2.45, 2.75) is 46.3 Å². The molecule has 0 saturated carbocycles. The number of carboxylic acid groups (broad SMARTS) is 1. The number of hydrogen-bond acceptors (Lipinski definition) is 5. The van der Waals surface area contributed by atoms with Gasteiger partial charge in [-0.15, -0.1) is 0 Å². The zero-order valence-electron chi connectivity index (χ0n) is 15.7. The van der Waals surface area contributed by atoms with Crippen LogP contribution in [-0.2, 0) is 4.74 Å². The maximum Gasteiger partial charge on any atom is 0.339 e. The number of pyridine rings is 1. The smallest absolute Gasteiger partial charge is 0.339 e. The number of aromatic carboxylic acids is 1. The third-order valence-electron chi connectivity index (χ3n) is 3.34. The van der Waals surface area contributed by atoms with Gasteiger partial charge in [0.05, 0.1) is 11.3 Å². The molecule has 0 fully saturated rings. The molecule has 0 amide bonds. The monoisotopic (exact) mass is 356 g/mol. The lowest BCUT2D eigenvalue weighted by atomic mass is 10.1. The summed E-state index contributed by atoms with van der Waals surface area (Å²) in [5.74, 6) is -1.16. The zero-order chi connectivity index (χ0) is 19.5. The molecule has 0 aliphatic rings. The molecule has 2 aromatic rings. The lowest BCUT2D eigenvalue weighted by Gasteiger charge is -2.19. The first-order valence-corrected chi connectivity index (χ1v) is 8.41. The molecular weight excluding hydrogens is 332 g/mol. The van der Waals surface area contributed by atoms with Gasteiger partial charge in [-0.2, -0.15) is 0 Å². The van der Waals surface area contributed by atoms with Crippen LogP contribution in [0, 0.1) is 0 Å². The number of anilines is 1. The number of nitrogens with zero attached hydrogens (tertiary/aromatic N) is 1. The average molecular weight is 356 g/mol. The van der Waals surface area contributed by atoms with Crippen LogP contribution < -0.4 is 5.32 Å². The number of rotatable bonds is 5. The molecule has 1 heterocycles. The Labute approximate surface area is 153 Å². The molecule has 2 rings (SSSR count). The lowest BCUT2D eigenvalue weighted by molar-refractivity contribution is 0.00693. The fraction of sp³-hybridized carbons (Fsp3) is 0.350. The number of aromatic nitrogens is 1. The van der Waals surface area contributed by atoms with E-state index in [0.717, 1.165) is 0 Å². The fourth-order valence-electron chi connectivity index (χ4n) is 2.32. The Morgan fingerprint density at radius 3 is 2.42 bits per heavy atom. The average Bonchev–Trinajstić information content (AvgIpc) is 2.52. The molecule has 0 aliphatic carbocycles. The molecule has 0 saturated heterocycles. The van der Waals surface area contributed by atoms with E-state index in [-0.39, 0.29) is 11.6 Å². The number of ether oxygens (including phenoxy) is 1. The summed E-state index contributed by atoms with van der Waals surface area (Å²) in [5.41, 5.74) is 1.22. The highest BCUT2D eigenvalue weighted by Gasteiger charge is 2.19. The first kappa shape index (κ1) is 19.4. The topological polar surface area (TPSA) is 88.5 Å². The van der Waals surface area contributed by atoms with Crippen molar-refractivity contribution in [3.63, 3.8) is 0 Å². The minimum atomic E-state index is -1.05. The number of benzene rings is 1. The Morgan fingerprint density at radius 1 is 1.15 bits per heavy atom. The molecule has 138 valence electrons. The summed E-state index contributed by atoms with van der Waals surface area (Å²) in [6, 6.07) is 10.1. The second-order valence-electron chi connectivity index (χ2n) is 7.28. The molecule has 0 bridgehead atoms. The van der Waals surface area contributed by atoms with E-state index in [2.05, 4.69) is 10.3 Å². The van der Waals surface area contributed by atoms with Crippen LogP contribution in [0.4, 0.5) is 5.82 Å². The van der Waals surface area contributed by atoms with Crippen LogP contribution in [0.15, 0.2) is 36.4 Å². The molecule has 0 unspecified atom stereocenters. The van der Waals surface area contributed by atoms with Gasteiger partial charge in [-0.1, -0.05) is 12.1 Å². The van der Waals surface area contributed by atoms with Gasteiger partial charge in [-0.3, -0.25) is 0 Å². The van der Waals surface area contributed by atoms with Gasteiger partial charge in [0.2, 0.25) is 0 Å². The van der Waals surface area contributed by atoms with Crippen molar-refractivity contribution >= 4 is 17.8 Å². The second-order valence-corrected chi connectivity index (χ2v) is 7.28. The van der Waals surface area contributed by atoms with Crippen molar-refractivity contribution in [3.05, 3.63) is 47.5 Å². The van der Waals surface area contributed by atoms with Crippen molar-refractivity contribution in [2.24, 2.45) is 0 Å². The number of carbonyl (C=O) groups excluding carboxylic acids is 1. The molecule has 0 atom stereocenters. The summed E-state index contributed by atoms with van der Waals surface area (Å²) in [6.45, 7) is 9.24. The number of hydrogen-bond donors (Lipinski definition) is 2. The highest BCUT2D eigenvalue weighted by Crippen LogP contribution is 2.24. The van der Waals surface area contributed by atoms with Crippen LogP contribution in [0.25, 0.3) is 11.3 Å². The maximum atomic E-state index is 12.3. The number of carbonyl (C=O) groups is 2. The molecule has 6 nitrogen and oxygen atoms in total. The molecule has 2 N–H and O–H groups in total. The van der Waals surface area contributed by atoms with E-state index in [4.69, 9.17) is 4.74 Å². The minimum Gasteiger partial charge on any atom is -0.478 e. The molecule has 6 heteroatoms. The van der Waals surface area contributed by atoms with E-state index >= 15 is 0 Å². The van der Waals surface area contributed by atoms with E-state index in [1.807, 2.05) is 40.7 Å². The van der Waals surface area contributed by atoms with Gasteiger partial charge in [0, 0.05) is 11.6 Å². The fourth-order valence-corrected chi connectivity index (χ4v) is 2.32. The predicted octanol–water partition coefficient (Wildman–Crippen LogP) is 4.22. The Bertz CT molecular complexity index is 823. The van der Waals surface area contributed by atoms with Gasteiger partial charge < -0.3 is 15.2 Å². The molecule has 0 spiro atoms. The standard InChI is InChI=1S/C20H24N2O4/c1-12(2)21-17-15(18(23)24)9-10-16(22-17)13-7-6-8-14(11-13)19(25)26-20(3,4)5/h6-12H,1-5H3,(H,21,22)(H,23,24). The summed E-state index contributed by atoms with van der Waals surface area (Å²) in [7, 11) is 0. The zero-order valence-corrected chi connectivity index (χ0v) is 15.7. The third-order valence-corrected chi connectivity index (χ3v) is 3.34. The Balaban J connectivity index is 2.41. The van der Waals surface area contributed by atoms with Crippen LogP contribution >= 0.6 is 0 Å². The first-order valence-electron chi connectivity index (χ1n) is 8.41. The summed E-state index contributed by atoms with van der Waals surface area (Å²) < 4.78 is 5.39. The molecule has 0 radical (unpaired) electrons. The summed E-state index contributed by atoms with van der Waals surface area (Å²) in [5, 5.41) is 12.4. The van der Waals surface area contributed by atoms with Gasteiger partial charge in [0.25, 0.3) is 0 Å². The predicted molar refractivity (Wildman–Crippen MR) is 101 cm³/mol. The van der Waals surface area contributed by atoms with Crippen molar-refractivity contribution < 1.29 is 19.4 Å². The Kier molecular flexibility index (Phi) is 5.65. The van der Waals surface area contributed by atoms with Gasteiger partial charge in [-0.05, 0) is 58.9 Å². The van der Waals surface area contributed by atoms with Gasteiger partial charge in [-0.25, -0.2) is 14.6 Å². The van der Waals surface area contributed by atoms with Crippen molar-refractivity contribution in [1.82, 2.24) is 4.98 Å². The van der Waals surface area contributed by atoms with Crippen LogP contribution in [-0.4, -0.2) is 33.7 Å². The molecule has 1 aromatic heterocycles. The van der Waals surface area contributed by atoms with Crippen LogP contribution in [0.1, 0.15) is 55.3 Å². The summed E-state index contributed by atoms with van der Waals surface area (Å²) in [4.78, 5) is 28.1. The molecule has 1 aromatic carbocycles. The van der Waals surface area contributed by atoms with E-state index in [1.54, 1.807) is 24.3 Å². The lowest BCUT2D eigenvalue weighted by Crippen LogP contribution is -2.23. The van der Waals surface area contributed by atoms with Crippen molar-refractivity contribution in [3.8, 4) is 11.3 Å². The third kappa shape index (κ3) is 5.05. The highest BCUT2D eigenvalue weighted by molar-refractivity contribution is 5.94. The molecular formula is C20H24N2O4. The Morgan fingerprint density at radius 2 is 1.85 bits per heavy atom. The Hall–Kier alpha value is -2.89. The van der Waals surface area contributed by atoms with Gasteiger partial charge in [0.15, 0.2) is 0 Å². The number of nitrogens with one attached hydrogen (secondary N) is 1. The van der Waals surface area contributed by atoms with E-state index in [9.17, 15) is 14.7 Å². The minimum absolute atomic E-state index is 0.0314. The van der Waals surface area contributed by atoms with E-state index < -0.39 is 17.5 Å². The highest BCUT2D eigenvalue weighted by atomic mass is 16.6. The molecule has 0 aliphatic heterocycles. The first-order chi connectivity index (χ1) is 12.1. The normalized spacial score (nSPS) is 11.3. The van der Waals surface area contributed by atoms with Crippen LogP contribution in [0.5, 0.6) is 0 Å². The van der Waals surface area contributed by atoms with Crippen LogP contribution in [0.3, 0.4) is 0 Å². The van der Waals surface area contributed by atoms with E-state index in [1.165, 1.54) is 6.07 Å². The largest absolute Gasteiger partial charge is 0.478 e. The van der Waals surface area contributed by atoms with Crippen molar-refractivity contribution in [2.75, 3.05) is 5.32 Å². The van der Waals surface area contributed by atoms with Crippen molar-refractivity contribution in [1.29, 1.82) is 0 Å². The van der Waals surface area contributed by atoms with E-state index in [0.29, 0.717) is 22.6 Å². The van der Waals surface area contributed by atoms with Gasteiger partial charge in [0.1, 0.15) is 17.0 Å². The quantitative estimate of drug-likeness (QED) is 0.780. The van der Waals surface area contributed by atoms with Gasteiger partial charge >= 0.3 is 11.9 Å². The summed E-state index contributed by atoms with van der Waals surface area (Å²) in [6.07, 6.45) is 0. The molecule has 26 heavy (non-hydrogen) atoms. The number of carboxylic acids is 1. The number of esters is 1. The van der Waals surface area contributed by atoms with Crippen LogP contribution in [0.2, 0.25) is 0 Å². The second kappa shape index (κ2) is 7.56. The maximum absolute atomic E-state index is 12.3. The summed E-state index contributed by atoms with van der Waals surface area (Å²) >= 11 is 0. The SMILES string of the molecule is CC(C)Nc1nc(-c2cccc(C(=O)OC(C)(C)C)c2)ccc1C(=O)O.